The number of alkyl halides is 3. The summed E-state index contributed by atoms with van der Waals surface area (Å²) in [6.45, 7) is 3.84. The molecule has 1 aliphatic heterocycles. The number of aromatic nitrogens is 5. The van der Waals surface area contributed by atoms with Gasteiger partial charge in [-0.3, -0.25) is 4.79 Å². The fourth-order valence-corrected chi connectivity index (χ4v) is 4.94. The van der Waals surface area contributed by atoms with Crippen molar-refractivity contribution in [2.24, 2.45) is 5.92 Å². The van der Waals surface area contributed by atoms with Crippen molar-refractivity contribution in [3.63, 3.8) is 0 Å². The molecule has 2 bridgehead atoms. The van der Waals surface area contributed by atoms with Crippen molar-refractivity contribution in [3.8, 4) is 5.69 Å². The molecule has 0 spiro atoms. The molecule has 33 heavy (non-hydrogen) atoms. The van der Waals surface area contributed by atoms with E-state index in [2.05, 4.69) is 25.5 Å². The van der Waals surface area contributed by atoms with Crippen LogP contribution in [0.25, 0.3) is 5.69 Å². The van der Waals surface area contributed by atoms with Gasteiger partial charge in [-0.1, -0.05) is 0 Å². The Morgan fingerprint density at radius 3 is 2.52 bits per heavy atom. The molecule has 0 aromatic carbocycles. The van der Waals surface area contributed by atoms with Gasteiger partial charge < -0.3 is 10.2 Å². The van der Waals surface area contributed by atoms with Gasteiger partial charge >= 0.3 is 6.18 Å². The van der Waals surface area contributed by atoms with Crippen LogP contribution in [0.1, 0.15) is 41.5 Å². The van der Waals surface area contributed by atoms with E-state index in [0.29, 0.717) is 17.2 Å². The van der Waals surface area contributed by atoms with Gasteiger partial charge in [-0.05, 0) is 56.9 Å². The van der Waals surface area contributed by atoms with E-state index in [4.69, 9.17) is 0 Å². The molecule has 172 valence electrons. The number of carbonyl (C=O) groups is 1. The van der Waals surface area contributed by atoms with Crippen molar-refractivity contribution in [3.05, 3.63) is 59.8 Å². The molecule has 3 aromatic heterocycles. The van der Waals surface area contributed by atoms with E-state index in [1.54, 1.807) is 12.1 Å². The maximum Gasteiger partial charge on any atom is 0.417 e. The highest BCUT2D eigenvalue weighted by Crippen LogP contribution is 2.44. The smallest absolute Gasteiger partial charge is 0.365 e. The number of anilines is 1. The number of nitrogens with one attached hydrogen (secondary N) is 1. The van der Waals surface area contributed by atoms with Crippen molar-refractivity contribution in [2.45, 2.75) is 51.0 Å². The van der Waals surface area contributed by atoms with Crippen LogP contribution in [0, 0.1) is 12.8 Å². The fraction of sp³-hybridized carbons (Fsp3) is 0.409. The van der Waals surface area contributed by atoms with Gasteiger partial charge in [-0.2, -0.15) is 23.4 Å². The molecule has 11 heteroatoms. The third kappa shape index (κ3) is 3.81. The van der Waals surface area contributed by atoms with E-state index >= 15 is 0 Å². The Bertz CT molecular complexity index is 1160. The van der Waals surface area contributed by atoms with Gasteiger partial charge in [0.05, 0.1) is 24.0 Å². The number of carbonyl (C=O) groups excluding carboxylic acids is 1. The Morgan fingerprint density at radius 2 is 1.88 bits per heavy atom. The quantitative estimate of drug-likeness (QED) is 0.645. The third-order valence-electron chi connectivity index (χ3n) is 6.55. The zero-order valence-electron chi connectivity index (χ0n) is 18.0. The molecule has 2 aliphatic rings. The van der Waals surface area contributed by atoms with E-state index in [1.807, 2.05) is 18.7 Å². The number of likely N-dealkylation sites (tertiary alicyclic amines) is 1. The molecule has 1 saturated carbocycles. The minimum absolute atomic E-state index is 0.0156. The molecular formula is C22H22F3N7O. The highest BCUT2D eigenvalue weighted by Gasteiger charge is 2.52. The normalized spacial score (nSPS) is 24.3. The van der Waals surface area contributed by atoms with E-state index in [9.17, 15) is 18.0 Å². The number of pyridine rings is 2. The summed E-state index contributed by atoms with van der Waals surface area (Å²) in [5.41, 5.74) is 0.683. The molecule has 8 nitrogen and oxygen atoms in total. The Hall–Kier alpha value is -3.50. The Labute approximate surface area is 187 Å². The first-order valence-corrected chi connectivity index (χ1v) is 10.7. The number of rotatable bonds is 4. The topological polar surface area (TPSA) is 88.8 Å². The average molecular weight is 457 g/mol. The number of halogens is 3. The summed E-state index contributed by atoms with van der Waals surface area (Å²) in [6.07, 6.45) is 1.08. The first-order valence-electron chi connectivity index (χ1n) is 10.7. The van der Waals surface area contributed by atoms with Gasteiger partial charge in [0.1, 0.15) is 11.5 Å². The number of hydrogen-bond acceptors (Lipinski definition) is 6. The largest absolute Gasteiger partial charge is 0.417 e. The number of aryl methyl sites for hydroxylation is 1. The van der Waals surface area contributed by atoms with Gasteiger partial charge in [0.25, 0.3) is 5.91 Å². The molecule has 1 aliphatic carbocycles. The van der Waals surface area contributed by atoms with Crippen molar-refractivity contribution in [2.75, 3.05) is 5.32 Å². The molecule has 4 heterocycles. The molecule has 5 rings (SSSR count). The van der Waals surface area contributed by atoms with E-state index < -0.39 is 11.7 Å². The van der Waals surface area contributed by atoms with Crippen LogP contribution >= 0.6 is 0 Å². The Kier molecular flexibility index (Phi) is 5.06. The number of nitrogens with zero attached hydrogens (tertiary/aromatic N) is 6. The maximum atomic E-state index is 13.7. The van der Waals surface area contributed by atoms with Gasteiger partial charge in [0.15, 0.2) is 5.69 Å². The molecule has 1 saturated heterocycles. The summed E-state index contributed by atoms with van der Waals surface area (Å²) in [5.74, 6) is 0.426. The van der Waals surface area contributed by atoms with Gasteiger partial charge in [0.2, 0.25) is 0 Å². The van der Waals surface area contributed by atoms with Crippen LogP contribution < -0.4 is 5.32 Å². The highest BCUT2D eigenvalue weighted by atomic mass is 19.4. The Balaban J connectivity index is 1.40. The van der Waals surface area contributed by atoms with E-state index in [-0.39, 0.29) is 35.6 Å². The second kappa shape index (κ2) is 7.82. The first kappa shape index (κ1) is 21.4. The standard InChI is InChI=1S/C22H22F3N7O/c1-12-3-5-17(32-27-7-8-28-32)20(29-12)21(33)31-13(2)14-9-16(18(31)10-14)30-19-6-4-15(11-26-19)22(23,24)25/h3-8,11,13-14,16,18H,9-10H2,1-2H3,(H,26,30)/t13-,14+,16-,18?/m1/s1. The van der Waals surface area contributed by atoms with Gasteiger partial charge in [0, 0.05) is 24.0 Å². The summed E-state index contributed by atoms with van der Waals surface area (Å²) in [5, 5.41) is 11.5. The van der Waals surface area contributed by atoms with Crippen molar-refractivity contribution < 1.29 is 18.0 Å². The van der Waals surface area contributed by atoms with E-state index in [0.717, 1.165) is 25.1 Å². The second-order valence-electron chi connectivity index (χ2n) is 8.57. The minimum Gasteiger partial charge on any atom is -0.365 e. The van der Waals surface area contributed by atoms with Gasteiger partial charge in [-0.25, -0.2) is 9.97 Å². The molecule has 1 unspecified atom stereocenters. The minimum atomic E-state index is -4.43. The summed E-state index contributed by atoms with van der Waals surface area (Å²) >= 11 is 0. The van der Waals surface area contributed by atoms with Crippen molar-refractivity contribution in [1.82, 2.24) is 29.9 Å². The number of amides is 1. The lowest BCUT2D eigenvalue weighted by Crippen LogP contribution is -2.52. The van der Waals surface area contributed by atoms with Crippen LogP contribution in [0.4, 0.5) is 19.0 Å². The van der Waals surface area contributed by atoms with Crippen LogP contribution in [0.2, 0.25) is 0 Å². The monoisotopic (exact) mass is 457 g/mol. The molecular weight excluding hydrogens is 435 g/mol. The van der Waals surface area contributed by atoms with E-state index in [1.165, 1.54) is 23.3 Å². The second-order valence-corrected chi connectivity index (χ2v) is 8.57. The molecule has 0 radical (unpaired) electrons. The lowest BCUT2D eigenvalue weighted by molar-refractivity contribution is -0.137. The summed E-state index contributed by atoms with van der Waals surface area (Å²) < 4.78 is 38.5. The molecule has 3 aromatic rings. The predicted octanol–water partition coefficient (Wildman–Crippen LogP) is 3.49. The van der Waals surface area contributed by atoms with Crippen LogP contribution in [-0.2, 0) is 6.18 Å². The fourth-order valence-electron chi connectivity index (χ4n) is 4.94. The van der Waals surface area contributed by atoms with Crippen LogP contribution in [0.3, 0.4) is 0 Å². The molecule has 1 N–H and O–H groups in total. The molecule has 4 atom stereocenters. The number of fused-ring (bicyclic) bond motifs is 2. The number of hydrogen-bond donors (Lipinski definition) is 1. The Morgan fingerprint density at radius 1 is 1.12 bits per heavy atom. The zero-order chi connectivity index (χ0) is 23.3. The number of piperidine rings is 1. The SMILES string of the molecule is Cc1ccc(-n2nccn2)c(C(=O)N2C3C[C@H](C[C@H]3Nc3ccc(C(F)(F)F)cn3)[C@H]2C)n1. The van der Waals surface area contributed by atoms with Gasteiger partial charge in [-0.15, -0.1) is 4.80 Å². The van der Waals surface area contributed by atoms with Crippen molar-refractivity contribution in [1.29, 1.82) is 0 Å². The summed E-state index contributed by atoms with van der Waals surface area (Å²) in [4.78, 5) is 25.3. The van der Waals surface area contributed by atoms with Crippen LogP contribution in [-0.4, -0.2) is 53.9 Å². The van der Waals surface area contributed by atoms with Crippen LogP contribution in [0.15, 0.2) is 42.9 Å². The first-order chi connectivity index (χ1) is 15.7. The lowest BCUT2D eigenvalue weighted by Gasteiger charge is -2.38. The maximum absolute atomic E-state index is 13.7. The summed E-state index contributed by atoms with van der Waals surface area (Å²) in [7, 11) is 0. The third-order valence-corrected chi connectivity index (χ3v) is 6.55. The molecule has 1 amide bonds. The predicted molar refractivity (Wildman–Crippen MR) is 113 cm³/mol. The lowest BCUT2D eigenvalue weighted by atomic mass is 9.97. The summed E-state index contributed by atoms with van der Waals surface area (Å²) in [6, 6.07) is 5.69. The van der Waals surface area contributed by atoms with Crippen molar-refractivity contribution >= 4 is 11.7 Å². The highest BCUT2D eigenvalue weighted by molar-refractivity contribution is 5.96. The van der Waals surface area contributed by atoms with Crippen LogP contribution in [0.5, 0.6) is 0 Å². The average Bonchev–Trinajstić information content (AvgIpc) is 3.50. The zero-order valence-corrected chi connectivity index (χ0v) is 18.0. The molecule has 2 fully saturated rings.